The largest absolute Gasteiger partial charge is 0.382 e. The molecule has 1 aromatic carbocycles. The lowest BCUT2D eigenvalue weighted by Gasteiger charge is -2.12. The number of nitrogens with zero attached hydrogens (tertiary/aromatic N) is 3. The third-order valence-electron chi connectivity index (χ3n) is 4.81. The van der Waals surface area contributed by atoms with Crippen LogP contribution in [0.5, 0.6) is 0 Å². The maximum absolute atomic E-state index is 12.5. The molecule has 0 saturated heterocycles. The van der Waals surface area contributed by atoms with Crippen molar-refractivity contribution in [3.05, 3.63) is 45.8 Å². The summed E-state index contributed by atoms with van der Waals surface area (Å²) >= 11 is 11.9. The number of fused-ring (bicyclic) bond motifs is 1. The van der Waals surface area contributed by atoms with Gasteiger partial charge in [-0.15, -0.1) is 0 Å². The molecule has 0 unspecified atom stereocenters. The maximum atomic E-state index is 12.5. The lowest BCUT2D eigenvalue weighted by atomic mass is 10.2. The first kappa shape index (κ1) is 22.7. The Hall–Kier alpha value is -2.03. The summed E-state index contributed by atoms with van der Waals surface area (Å²) in [7, 11) is -3.57. The van der Waals surface area contributed by atoms with Crippen LogP contribution in [0.4, 0.5) is 11.5 Å². The number of nitrogen functional groups attached to an aromatic ring is 1. The van der Waals surface area contributed by atoms with Crippen LogP contribution < -0.4 is 10.5 Å². The number of nitrogens with two attached hydrogens (primary N) is 1. The van der Waals surface area contributed by atoms with E-state index in [1.807, 2.05) is 6.92 Å². The first-order valence-corrected chi connectivity index (χ1v) is 12.2. The van der Waals surface area contributed by atoms with Gasteiger partial charge in [0.25, 0.3) is 0 Å². The molecule has 0 saturated carbocycles. The van der Waals surface area contributed by atoms with Crippen molar-refractivity contribution in [1.29, 1.82) is 0 Å². The Morgan fingerprint density at radius 1 is 1.23 bits per heavy atom. The Morgan fingerprint density at radius 3 is 2.70 bits per heavy atom. The number of pyridine rings is 1. The third-order valence-corrected chi connectivity index (χ3v) is 6.71. The summed E-state index contributed by atoms with van der Waals surface area (Å²) in [5, 5.41) is 0.700. The number of aromatic nitrogens is 3. The van der Waals surface area contributed by atoms with Crippen LogP contribution in [0, 0.1) is 6.92 Å². The monoisotopic (exact) mass is 469 g/mol. The molecule has 0 amide bonds. The van der Waals surface area contributed by atoms with Gasteiger partial charge in [-0.05, 0) is 43.5 Å². The number of halogens is 2. The molecule has 0 aliphatic heterocycles. The molecule has 0 fully saturated rings. The number of hydrogen-bond acceptors (Lipinski definition) is 5. The molecule has 2 heterocycles. The van der Waals surface area contributed by atoms with Crippen molar-refractivity contribution in [3.8, 4) is 0 Å². The Bertz CT molecular complexity index is 1160. The van der Waals surface area contributed by atoms with E-state index in [0.717, 1.165) is 36.2 Å². The van der Waals surface area contributed by atoms with Crippen LogP contribution in [0.2, 0.25) is 10.0 Å². The van der Waals surface area contributed by atoms with Crippen LogP contribution in [0.3, 0.4) is 0 Å². The molecular formula is C20H25Cl2N5O2S. The molecule has 30 heavy (non-hydrogen) atoms. The van der Waals surface area contributed by atoms with Gasteiger partial charge in [0.1, 0.15) is 11.3 Å². The Labute approximate surface area is 186 Å². The SMILES string of the molecule is CCCCc1nc2c(N)ncc(C)c2n1CCCS(=O)(=O)Nc1ccc(Cl)cc1Cl. The number of unbranched alkanes of at least 4 members (excludes halogenated alkanes) is 1. The van der Waals surface area contributed by atoms with E-state index >= 15 is 0 Å². The van der Waals surface area contributed by atoms with Crippen molar-refractivity contribution in [2.24, 2.45) is 0 Å². The predicted molar refractivity (Wildman–Crippen MR) is 124 cm³/mol. The molecule has 7 nitrogen and oxygen atoms in total. The van der Waals surface area contributed by atoms with Crippen LogP contribution >= 0.6 is 23.2 Å². The van der Waals surface area contributed by atoms with Gasteiger partial charge in [0.05, 0.1) is 22.0 Å². The molecule has 10 heteroatoms. The van der Waals surface area contributed by atoms with Gasteiger partial charge in [-0.3, -0.25) is 4.72 Å². The molecule has 3 N–H and O–H groups in total. The molecule has 0 bridgehead atoms. The smallest absolute Gasteiger partial charge is 0.232 e. The van der Waals surface area contributed by atoms with Crippen LogP contribution in [0.1, 0.15) is 37.6 Å². The van der Waals surface area contributed by atoms with Gasteiger partial charge in [-0.25, -0.2) is 18.4 Å². The first-order chi connectivity index (χ1) is 14.2. The number of anilines is 2. The second kappa shape index (κ2) is 9.41. The van der Waals surface area contributed by atoms with Crippen LogP contribution in [-0.2, 0) is 23.0 Å². The standard InChI is InChI=1S/C20H25Cl2N5O2S/c1-3-4-6-17-25-18-19(13(2)12-24-20(18)23)27(17)9-5-10-30(28,29)26-16-8-7-14(21)11-15(16)22/h7-8,11-12,26H,3-6,9-10H2,1-2H3,(H2,23,24). The quantitative estimate of drug-likeness (QED) is 0.468. The molecule has 3 rings (SSSR count). The minimum atomic E-state index is -3.57. The molecule has 0 aliphatic carbocycles. The van der Waals surface area contributed by atoms with Gasteiger partial charge in [0.2, 0.25) is 10.0 Å². The Morgan fingerprint density at radius 2 is 2.00 bits per heavy atom. The van der Waals surface area contributed by atoms with E-state index in [4.69, 9.17) is 33.9 Å². The minimum absolute atomic E-state index is 0.0571. The van der Waals surface area contributed by atoms with E-state index in [9.17, 15) is 8.42 Å². The van der Waals surface area contributed by atoms with Gasteiger partial charge in [0, 0.05) is 24.2 Å². The number of sulfonamides is 1. The van der Waals surface area contributed by atoms with Crippen LogP contribution in [0.15, 0.2) is 24.4 Å². The fourth-order valence-corrected chi connectivity index (χ4v) is 4.97. The van der Waals surface area contributed by atoms with Gasteiger partial charge in [0.15, 0.2) is 5.82 Å². The molecular weight excluding hydrogens is 445 g/mol. The maximum Gasteiger partial charge on any atom is 0.232 e. The summed E-state index contributed by atoms with van der Waals surface area (Å²) in [5.41, 5.74) is 8.90. The molecule has 2 aromatic heterocycles. The highest BCUT2D eigenvalue weighted by atomic mass is 35.5. The second-order valence-corrected chi connectivity index (χ2v) is 9.89. The van der Waals surface area contributed by atoms with E-state index in [1.165, 1.54) is 6.07 Å². The van der Waals surface area contributed by atoms with Crippen molar-refractivity contribution >= 4 is 55.8 Å². The molecule has 162 valence electrons. The number of hydrogen-bond donors (Lipinski definition) is 2. The summed E-state index contributed by atoms with van der Waals surface area (Å²) < 4.78 is 29.7. The van der Waals surface area contributed by atoms with Gasteiger partial charge < -0.3 is 10.3 Å². The van der Waals surface area contributed by atoms with Gasteiger partial charge in [-0.1, -0.05) is 36.5 Å². The molecule has 0 atom stereocenters. The summed E-state index contributed by atoms with van der Waals surface area (Å²) in [5.74, 6) is 1.23. The lowest BCUT2D eigenvalue weighted by Crippen LogP contribution is -2.18. The summed E-state index contributed by atoms with van der Waals surface area (Å²) in [6.45, 7) is 4.58. The third kappa shape index (κ3) is 5.17. The van der Waals surface area contributed by atoms with Gasteiger partial charge >= 0.3 is 0 Å². The average molecular weight is 470 g/mol. The lowest BCUT2D eigenvalue weighted by molar-refractivity contribution is 0.587. The van der Waals surface area contributed by atoms with E-state index < -0.39 is 10.0 Å². The molecule has 0 spiro atoms. The topological polar surface area (TPSA) is 103 Å². The average Bonchev–Trinajstić information content (AvgIpc) is 3.05. The van der Waals surface area contributed by atoms with E-state index in [1.54, 1.807) is 18.3 Å². The number of rotatable bonds is 9. The van der Waals surface area contributed by atoms with E-state index in [-0.39, 0.29) is 10.8 Å². The normalized spacial score (nSPS) is 11.9. The zero-order chi connectivity index (χ0) is 21.9. The van der Waals surface area contributed by atoms with Gasteiger partial charge in [-0.2, -0.15) is 0 Å². The number of aryl methyl sites for hydroxylation is 3. The van der Waals surface area contributed by atoms with Crippen molar-refractivity contribution < 1.29 is 8.42 Å². The number of benzene rings is 1. The van der Waals surface area contributed by atoms with Crippen LogP contribution in [0.25, 0.3) is 11.0 Å². The van der Waals surface area contributed by atoms with E-state index in [2.05, 4.69) is 21.2 Å². The fourth-order valence-electron chi connectivity index (χ4n) is 3.34. The fraction of sp³-hybridized carbons (Fsp3) is 0.400. The summed E-state index contributed by atoms with van der Waals surface area (Å²) in [6.07, 6.45) is 4.96. The molecule has 0 aliphatic rings. The summed E-state index contributed by atoms with van der Waals surface area (Å²) in [6, 6.07) is 4.64. The minimum Gasteiger partial charge on any atom is -0.382 e. The highest BCUT2D eigenvalue weighted by Gasteiger charge is 2.17. The van der Waals surface area contributed by atoms with Crippen molar-refractivity contribution in [2.45, 2.75) is 46.1 Å². The molecule has 0 radical (unpaired) electrons. The van der Waals surface area contributed by atoms with Crippen molar-refractivity contribution in [1.82, 2.24) is 14.5 Å². The number of imidazole rings is 1. The van der Waals surface area contributed by atoms with Crippen LogP contribution in [-0.4, -0.2) is 28.7 Å². The zero-order valence-corrected chi connectivity index (χ0v) is 19.3. The molecule has 3 aromatic rings. The van der Waals surface area contributed by atoms with Crippen molar-refractivity contribution in [3.63, 3.8) is 0 Å². The zero-order valence-electron chi connectivity index (χ0n) is 17.0. The number of nitrogens with one attached hydrogen (secondary N) is 1. The Balaban J connectivity index is 1.78. The first-order valence-electron chi connectivity index (χ1n) is 9.77. The van der Waals surface area contributed by atoms with E-state index in [0.29, 0.717) is 35.0 Å². The summed E-state index contributed by atoms with van der Waals surface area (Å²) in [4.78, 5) is 8.89. The Kier molecular flexibility index (Phi) is 7.10. The highest BCUT2D eigenvalue weighted by Crippen LogP contribution is 2.27. The highest BCUT2D eigenvalue weighted by molar-refractivity contribution is 7.92. The van der Waals surface area contributed by atoms with Crippen molar-refractivity contribution in [2.75, 3.05) is 16.2 Å². The predicted octanol–water partition coefficient (Wildman–Crippen LogP) is 4.80. The second-order valence-electron chi connectivity index (χ2n) is 7.21.